The van der Waals surface area contributed by atoms with Crippen LogP contribution in [0.3, 0.4) is 0 Å². The Kier molecular flexibility index (Phi) is 10.7. The molecule has 0 aromatic heterocycles. The first-order valence-corrected chi connectivity index (χ1v) is 18.0. The maximum Gasteiger partial charge on any atom is 0.131 e. The van der Waals surface area contributed by atoms with Crippen molar-refractivity contribution in [2.24, 2.45) is 0 Å². The average molecular weight is 753 g/mol. The van der Waals surface area contributed by atoms with Crippen LogP contribution in [0.5, 0.6) is 80.5 Å². The fourth-order valence-electron chi connectivity index (χ4n) is 5.72. The van der Waals surface area contributed by atoms with Crippen LogP contribution in [0.15, 0.2) is 194 Å². The molecule has 9 heteroatoms. The summed E-state index contributed by atoms with van der Waals surface area (Å²) in [5.41, 5.74) is 13.0. The molecule has 8 aromatic rings. The van der Waals surface area contributed by atoms with Gasteiger partial charge in [-0.1, -0.05) is 48.5 Å². The smallest absolute Gasteiger partial charge is 0.131 e. The summed E-state index contributed by atoms with van der Waals surface area (Å²) >= 11 is 0. The second kappa shape index (κ2) is 17.0. The summed E-state index contributed by atoms with van der Waals surface area (Å²) in [5, 5.41) is 0. The molecule has 280 valence electrons. The van der Waals surface area contributed by atoms with E-state index >= 15 is 0 Å². The number of ether oxygens (including phenoxy) is 7. The zero-order valence-corrected chi connectivity index (χ0v) is 30.5. The largest absolute Gasteiger partial charge is 0.457 e. The number of hydrogen-bond donors (Lipinski definition) is 2. The minimum atomic E-state index is 0.589. The highest BCUT2D eigenvalue weighted by atomic mass is 16.5. The Morgan fingerprint density at radius 3 is 0.491 bits per heavy atom. The van der Waals surface area contributed by atoms with Gasteiger partial charge in [0.15, 0.2) is 0 Å². The molecular formula is C48H36N2O7. The summed E-state index contributed by atoms with van der Waals surface area (Å²) in [6, 6.07) is 58.8. The van der Waals surface area contributed by atoms with Crippen molar-refractivity contribution in [3.63, 3.8) is 0 Å². The molecule has 4 N–H and O–H groups in total. The van der Waals surface area contributed by atoms with Crippen LogP contribution in [-0.4, -0.2) is 0 Å². The molecule has 0 saturated heterocycles. The molecule has 0 aliphatic heterocycles. The van der Waals surface area contributed by atoms with E-state index in [-0.39, 0.29) is 0 Å². The standard InChI is InChI=1S/C48H36N2O7/c49-33-9-1-11-35(25-33)51-37-13-3-15-39(27-37)53-41-17-5-19-43(29-41)55-45-21-7-23-47(31-45)57-48-24-8-22-46(32-48)56-44-20-6-18-42(30-44)54-40-16-4-14-38(28-40)52-36-12-2-10-34(50)26-36/h1-32H,49-50H2. The molecule has 0 heterocycles. The van der Waals surface area contributed by atoms with Gasteiger partial charge in [-0.15, -0.1) is 0 Å². The SMILES string of the molecule is Nc1cccc(Oc2cccc(Oc3cccc(Oc4cccc(Oc5cccc(Oc6cccc(Oc7cccc(Oc8cccc(N)c8)c7)c6)c5)c4)c3)c2)c1. The lowest BCUT2D eigenvalue weighted by Crippen LogP contribution is -1.90. The average Bonchev–Trinajstić information content (AvgIpc) is 3.19. The molecule has 9 nitrogen and oxygen atoms in total. The molecule has 8 aromatic carbocycles. The van der Waals surface area contributed by atoms with E-state index in [2.05, 4.69) is 0 Å². The van der Waals surface area contributed by atoms with Crippen molar-refractivity contribution in [3.8, 4) is 80.5 Å². The lowest BCUT2D eigenvalue weighted by molar-refractivity contribution is 0.443. The maximum atomic E-state index is 6.21. The topological polar surface area (TPSA) is 117 Å². The third-order valence-corrected chi connectivity index (χ3v) is 8.20. The van der Waals surface area contributed by atoms with E-state index in [1.165, 1.54) is 0 Å². The number of nitrogen functional groups attached to an aromatic ring is 2. The summed E-state index contributed by atoms with van der Waals surface area (Å²) in [5.74, 6) is 8.51. The molecule has 57 heavy (non-hydrogen) atoms. The van der Waals surface area contributed by atoms with Crippen LogP contribution >= 0.6 is 0 Å². The summed E-state index contributed by atoms with van der Waals surface area (Å²) in [6.07, 6.45) is 0. The van der Waals surface area contributed by atoms with Crippen molar-refractivity contribution in [1.82, 2.24) is 0 Å². The van der Waals surface area contributed by atoms with E-state index in [1.807, 2.05) is 182 Å². The molecule has 0 atom stereocenters. The predicted octanol–water partition coefficient (Wildman–Crippen LogP) is 13.4. The number of anilines is 2. The highest BCUT2D eigenvalue weighted by molar-refractivity contribution is 5.49. The third kappa shape index (κ3) is 10.1. The van der Waals surface area contributed by atoms with Crippen molar-refractivity contribution in [3.05, 3.63) is 194 Å². The first-order chi connectivity index (χ1) is 27.9. The van der Waals surface area contributed by atoms with Gasteiger partial charge in [0.05, 0.1) is 0 Å². The van der Waals surface area contributed by atoms with Gasteiger partial charge in [-0.2, -0.15) is 0 Å². The van der Waals surface area contributed by atoms with Crippen molar-refractivity contribution < 1.29 is 33.2 Å². The molecular weight excluding hydrogens is 717 g/mol. The van der Waals surface area contributed by atoms with Crippen molar-refractivity contribution in [2.45, 2.75) is 0 Å². The Morgan fingerprint density at radius 2 is 0.333 bits per heavy atom. The lowest BCUT2D eigenvalue weighted by atomic mass is 10.3. The van der Waals surface area contributed by atoms with Gasteiger partial charge >= 0.3 is 0 Å². The lowest BCUT2D eigenvalue weighted by Gasteiger charge is -2.13. The summed E-state index contributed by atoms with van der Waals surface area (Å²) < 4.78 is 42.8. The molecule has 0 spiro atoms. The molecule has 0 radical (unpaired) electrons. The Labute approximate surface area is 329 Å². The second-order valence-corrected chi connectivity index (χ2v) is 12.7. The van der Waals surface area contributed by atoms with E-state index in [0.29, 0.717) is 91.9 Å². The quantitative estimate of drug-likeness (QED) is 0.105. The number of rotatable bonds is 14. The van der Waals surface area contributed by atoms with Gasteiger partial charge in [0.2, 0.25) is 0 Å². The van der Waals surface area contributed by atoms with Crippen molar-refractivity contribution in [2.75, 3.05) is 11.5 Å². The molecule has 0 bridgehead atoms. The molecule has 0 amide bonds. The highest BCUT2D eigenvalue weighted by Gasteiger charge is 2.09. The maximum absolute atomic E-state index is 6.21. The van der Waals surface area contributed by atoms with Gasteiger partial charge in [0.1, 0.15) is 80.5 Å². The van der Waals surface area contributed by atoms with Crippen LogP contribution in [-0.2, 0) is 0 Å². The van der Waals surface area contributed by atoms with E-state index in [4.69, 9.17) is 44.6 Å². The van der Waals surface area contributed by atoms with Crippen LogP contribution in [0.25, 0.3) is 0 Å². The Morgan fingerprint density at radius 1 is 0.193 bits per heavy atom. The first kappa shape index (κ1) is 36.0. The van der Waals surface area contributed by atoms with Crippen LogP contribution in [0.1, 0.15) is 0 Å². The number of nitrogens with two attached hydrogens (primary N) is 2. The molecule has 8 rings (SSSR count). The minimum absolute atomic E-state index is 0.589. The number of benzene rings is 8. The summed E-state index contributed by atoms with van der Waals surface area (Å²) in [4.78, 5) is 0. The van der Waals surface area contributed by atoms with Crippen LogP contribution < -0.4 is 44.6 Å². The Hall–Kier alpha value is -8.04. The van der Waals surface area contributed by atoms with Crippen LogP contribution in [0.2, 0.25) is 0 Å². The van der Waals surface area contributed by atoms with Gasteiger partial charge in [-0.25, -0.2) is 0 Å². The fourth-order valence-corrected chi connectivity index (χ4v) is 5.72. The second-order valence-electron chi connectivity index (χ2n) is 12.7. The highest BCUT2D eigenvalue weighted by Crippen LogP contribution is 2.36. The van der Waals surface area contributed by atoms with E-state index in [1.54, 1.807) is 12.1 Å². The monoisotopic (exact) mass is 752 g/mol. The molecule has 0 saturated carbocycles. The summed E-state index contributed by atoms with van der Waals surface area (Å²) in [7, 11) is 0. The molecule has 0 aliphatic carbocycles. The number of hydrogen-bond acceptors (Lipinski definition) is 9. The third-order valence-electron chi connectivity index (χ3n) is 8.20. The zero-order valence-electron chi connectivity index (χ0n) is 30.5. The van der Waals surface area contributed by atoms with Gasteiger partial charge in [-0.05, 0) is 97.1 Å². The first-order valence-electron chi connectivity index (χ1n) is 18.0. The van der Waals surface area contributed by atoms with E-state index in [0.717, 1.165) is 0 Å². The van der Waals surface area contributed by atoms with Crippen molar-refractivity contribution >= 4 is 11.4 Å². The fraction of sp³-hybridized carbons (Fsp3) is 0. The predicted molar refractivity (Wildman–Crippen MR) is 221 cm³/mol. The minimum Gasteiger partial charge on any atom is -0.457 e. The Balaban J connectivity index is 0.879. The van der Waals surface area contributed by atoms with Gasteiger partial charge in [-0.3, -0.25) is 0 Å². The van der Waals surface area contributed by atoms with Crippen LogP contribution in [0.4, 0.5) is 11.4 Å². The Bertz CT molecular complexity index is 2450. The van der Waals surface area contributed by atoms with Crippen molar-refractivity contribution in [1.29, 1.82) is 0 Å². The van der Waals surface area contributed by atoms with Gasteiger partial charge < -0.3 is 44.6 Å². The molecule has 0 fully saturated rings. The van der Waals surface area contributed by atoms with Crippen LogP contribution in [0, 0.1) is 0 Å². The molecule has 0 aliphatic rings. The summed E-state index contributed by atoms with van der Waals surface area (Å²) in [6.45, 7) is 0. The van der Waals surface area contributed by atoms with Gasteiger partial charge in [0.25, 0.3) is 0 Å². The normalized spacial score (nSPS) is 10.6. The van der Waals surface area contributed by atoms with Gasteiger partial charge in [0, 0.05) is 59.9 Å². The molecule has 0 unspecified atom stereocenters. The van der Waals surface area contributed by atoms with E-state index < -0.39 is 0 Å². The zero-order chi connectivity index (χ0) is 38.8. The van der Waals surface area contributed by atoms with E-state index in [9.17, 15) is 0 Å².